The zero-order valence-corrected chi connectivity index (χ0v) is 12.6. The van der Waals surface area contributed by atoms with Crippen LogP contribution in [0, 0.1) is 12.8 Å². The number of pyridine rings is 1. The number of rotatable bonds is 3. The maximum atomic E-state index is 12.4. The van der Waals surface area contributed by atoms with E-state index < -0.39 is 23.4 Å². The Kier molecular flexibility index (Phi) is 3.65. The molecule has 6 nitrogen and oxygen atoms in total. The van der Waals surface area contributed by atoms with Crippen molar-refractivity contribution in [3.8, 4) is 5.75 Å². The van der Waals surface area contributed by atoms with E-state index in [1.807, 2.05) is 0 Å². The molecule has 0 bridgehead atoms. The van der Waals surface area contributed by atoms with Gasteiger partial charge in [0.05, 0.1) is 7.11 Å². The van der Waals surface area contributed by atoms with Crippen LogP contribution in [-0.4, -0.2) is 29.6 Å². The molecule has 116 valence electrons. The largest absolute Gasteiger partial charge is 0.497 e. The van der Waals surface area contributed by atoms with E-state index in [4.69, 9.17) is 4.74 Å². The number of ketones is 2. The normalized spacial score (nSPS) is 16.2. The van der Waals surface area contributed by atoms with Crippen LogP contribution in [0.2, 0.25) is 0 Å². The van der Waals surface area contributed by atoms with Crippen LogP contribution in [0.15, 0.2) is 36.5 Å². The number of nitrogens with one attached hydrogen (secondary N) is 1. The summed E-state index contributed by atoms with van der Waals surface area (Å²) >= 11 is 0. The van der Waals surface area contributed by atoms with E-state index in [1.54, 1.807) is 31.2 Å². The number of anilines is 1. The first-order valence-corrected chi connectivity index (χ1v) is 7.01. The highest BCUT2D eigenvalue weighted by Crippen LogP contribution is 2.28. The molecule has 23 heavy (non-hydrogen) atoms. The first kappa shape index (κ1) is 14.9. The van der Waals surface area contributed by atoms with Crippen molar-refractivity contribution in [3.05, 3.63) is 53.3 Å². The Bertz CT molecular complexity index is 829. The number of ether oxygens (including phenoxy) is 1. The number of carbonyl (C=O) groups is 3. The van der Waals surface area contributed by atoms with E-state index in [0.29, 0.717) is 17.1 Å². The molecule has 0 saturated carbocycles. The number of nitrogens with zero attached hydrogens (tertiary/aromatic N) is 1. The standard InChI is InChI=1S/C17H14N2O4/c1-9-6-12-13(8-18-9)16(21)14(15(12)20)17(22)19-10-4-3-5-11(7-10)23-2/h3-8,14H,1-2H3,(H,19,22). The molecule has 0 radical (unpaired) electrons. The van der Waals surface area contributed by atoms with Gasteiger partial charge in [-0.25, -0.2) is 0 Å². The average Bonchev–Trinajstić information content (AvgIpc) is 2.78. The van der Waals surface area contributed by atoms with Crippen molar-refractivity contribution in [2.75, 3.05) is 12.4 Å². The average molecular weight is 310 g/mol. The number of amides is 1. The molecule has 1 heterocycles. The summed E-state index contributed by atoms with van der Waals surface area (Å²) in [6.45, 7) is 1.72. The molecule has 1 atom stereocenters. The number of fused-ring (bicyclic) bond motifs is 1. The molecule has 0 saturated heterocycles. The Labute approximate surface area is 132 Å². The van der Waals surface area contributed by atoms with E-state index in [9.17, 15) is 14.4 Å². The van der Waals surface area contributed by atoms with Gasteiger partial charge >= 0.3 is 0 Å². The van der Waals surface area contributed by atoms with E-state index in [1.165, 1.54) is 19.4 Å². The summed E-state index contributed by atoms with van der Waals surface area (Å²) in [5, 5.41) is 2.59. The molecule has 6 heteroatoms. The third-order valence-corrected chi connectivity index (χ3v) is 3.70. The molecule has 1 aliphatic carbocycles. The van der Waals surface area contributed by atoms with Gasteiger partial charge in [0.15, 0.2) is 17.5 Å². The quantitative estimate of drug-likeness (QED) is 0.877. The summed E-state index contributed by atoms with van der Waals surface area (Å²) in [6.07, 6.45) is 1.35. The van der Waals surface area contributed by atoms with Crippen LogP contribution in [0.1, 0.15) is 26.4 Å². The number of hydrogen-bond donors (Lipinski definition) is 1. The minimum atomic E-state index is -1.36. The lowest BCUT2D eigenvalue weighted by molar-refractivity contribution is -0.117. The molecule has 2 aromatic rings. The molecule has 0 spiro atoms. The molecule has 0 fully saturated rings. The predicted molar refractivity (Wildman–Crippen MR) is 82.7 cm³/mol. The van der Waals surface area contributed by atoms with Crippen molar-refractivity contribution in [3.63, 3.8) is 0 Å². The van der Waals surface area contributed by atoms with E-state index in [-0.39, 0.29) is 11.1 Å². The van der Waals surface area contributed by atoms with Gasteiger partial charge in [-0.05, 0) is 25.1 Å². The van der Waals surface area contributed by atoms with Crippen LogP contribution < -0.4 is 10.1 Å². The maximum Gasteiger partial charge on any atom is 0.243 e. The zero-order chi connectivity index (χ0) is 16.6. The summed E-state index contributed by atoms with van der Waals surface area (Å²) < 4.78 is 5.07. The van der Waals surface area contributed by atoms with E-state index >= 15 is 0 Å². The first-order chi connectivity index (χ1) is 11.0. The van der Waals surface area contributed by atoms with Crippen molar-refractivity contribution in [1.29, 1.82) is 0 Å². The monoisotopic (exact) mass is 310 g/mol. The van der Waals surface area contributed by atoms with Gasteiger partial charge in [0.25, 0.3) is 0 Å². The number of aromatic nitrogens is 1. The lowest BCUT2D eigenvalue weighted by Crippen LogP contribution is -2.31. The molecule has 1 N–H and O–H groups in total. The topological polar surface area (TPSA) is 85.4 Å². The third-order valence-electron chi connectivity index (χ3n) is 3.70. The summed E-state index contributed by atoms with van der Waals surface area (Å²) in [6, 6.07) is 8.23. The summed E-state index contributed by atoms with van der Waals surface area (Å²) in [7, 11) is 1.51. The van der Waals surface area contributed by atoms with Gasteiger partial charge in [-0.15, -0.1) is 0 Å². The summed E-state index contributed by atoms with van der Waals surface area (Å²) in [5.41, 5.74) is 1.54. The summed E-state index contributed by atoms with van der Waals surface area (Å²) in [5.74, 6) is -2.45. The Morgan fingerprint density at radius 2 is 1.91 bits per heavy atom. The first-order valence-electron chi connectivity index (χ1n) is 7.01. The van der Waals surface area contributed by atoms with Crippen molar-refractivity contribution in [2.24, 2.45) is 5.92 Å². The van der Waals surface area contributed by atoms with Crippen molar-refractivity contribution >= 4 is 23.2 Å². The highest BCUT2D eigenvalue weighted by molar-refractivity contribution is 6.36. The van der Waals surface area contributed by atoms with Gasteiger partial charge in [-0.2, -0.15) is 0 Å². The van der Waals surface area contributed by atoms with Gasteiger partial charge in [0.2, 0.25) is 5.91 Å². The number of Topliss-reactive ketones (excluding diaryl/α,β-unsaturated/α-hetero) is 2. The Morgan fingerprint density at radius 3 is 2.65 bits per heavy atom. The fourth-order valence-corrected chi connectivity index (χ4v) is 2.54. The van der Waals surface area contributed by atoms with Crippen LogP contribution >= 0.6 is 0 Å². The Hall–Kier alpha value is -3.02. The maximum absolute atomic E-state index is 12.4. The Balaban J connectivity index is 1.86. The lowest BCUT2D eigenvalue weighted by Gasteiger charge is -2.09. The van der Waals surface area contributed by atoms with Crippen LogP contribution in [0.3, 0.4) is 0 Å². The van der Waals surface area contributed by atoms with Crippen LogP contribution in [0.4, 0.5) is 5.69 Å². The van der Waals surface area contributed by atoms with Gasteiger partial charge in [0.1, 0.15) is 5.75 Å². The van der Waals surface area contributed by atoms with Crippen molar-refractivity contribution in [2.45, 2.75) is 6.92 Å². The number of aryl methyl sites for hydroxylation is 1. The number of benzene rings is 1. The molecule has 3 rings (SSSR count). The minimum Gasteiger partial charge on any atom is -0.497 e. The number of carbonyl (C=O) groups excluding carboxylic acids is 3. The second-order valence-corrected chi connectivity index (χ2v) is 5.25. The number of methoxy groups -OCH3 is 1. The van der Waals surface area contributed by atoms with Crippen LogP contribution in [-0.2, 0) is 4.79 Å². The molecule has 1 aromatic heterocycles. The molecule has 1 amide bonds. The van der Waals surface area contributed by atoms with Crippen LogP contribution in [0.5, 0.6) is 5.75 Å². The van der Waals surface area contributed by atoms with Crippen molar-refractivity contribution in [1.82, 2.24) is 4.98 Å². The Morgan fingerprint density at radius 1 is 1.17 bits per heavy atom. The minimum absolute atomic E-state index is 0.200. The molecular formula is C17H14N2O4. The van der Waals surface area contributed by atoms with Gasteiger partial charge in [-0.3, -0.25) is 19.4 Å². The van der Waals surface area contributed by atoms with Crippen molar-refractivity contribution < 1.29 is 19.1 Å². The second kappa shape index (κ2) is 5.64. The molecule has 1 unspecified atom stereocenters. The fraction of sp³-hybridized carbons (Fsp3) is 0.176. The molecule has 0 aliphatic heterocycles. The van der Waals surface area contributed by atoms with E-state index in [2.05, 4.69) is 10.3 Å². The number of hydrogen-bond acceptors (Lipinski definition) is 5. The SMILES string of the molecule is COc1cccc(NC(=O)C2C(=O)c3cnc(C)cc3C2=O)c1. The van der Waals surface area contributed by atoms with Gasteiger partial charge in [0, 0.05) is 34.8 Å². The third kappa shape index (κ3) is 2.59. The van der Waals surface area contributed by atoms with Crippen LogP contribution in [0.25, 0.3) is 0 Å². The molecular weight excluding hydrogens is 296 g/mol. The summed E-state index contributed by atoms with van der Waals surface area (Å²) in [4.78, 5) is 41.1. The van der Waals surface area contributed by atoms with Gasteiger partial charge < -0.3 is 10.1 Å². The zero-order valence-electron chi connectivity index (χ0n) is 12.6. The highest BCUT2D eigenvalue weighted by atomic mass is 16.5. The smallest absolute Gasteiger partial charge is 0.243 e. The fourth-order valence-electron chi connectivity index (χ4n) is 2.54. The molecule has 1 aliphatic rings. The van der Waals surface area contributed by atoms with E-state index in [0.717, 1.165) is 0 Å². The predicted octanol–water partition coefficient (Wildman–Crippen LogP) is 2.03. The lowest BCUT2D eigenvalue weighted by atomic mass is 10.0. The van der Waals surface area contributed by atoms with Gasteiger partial charge in [-0.1, -0.05) is 6.07 Å². The highest BCUT2D eigenvalue weighted by Gasteiger charge is 2.43. The second-order valence-electron chi connectivity index (χ2n) is 5.25. The molecule has 1 aromatic carbocycles.